The van der Waals surface area contributed by atoms with E-state index in [1.807, 2.05) is 12.1 Å². The molecule has 1 heterocycles. The molecule has 3 rings (SSSR count). The van der Waals surface area contributed by atoms with E-state index in [-0.39, 0.29) is 0 Å². The van der Waals surface area contributed by atoms with Crippen molar-refractivity contribution >= 4 is 5.69 Å². The third kappa shape index (κ3) is 5.70. The first kappa shape index (κ1) is 22.0. The highest BCUT2D eigenvalue weighted by molar-refractivity contribution is 5.42. The summed E-state index contributed by atoms with van der Waals surface area (Å²) in [4.78, 5) is 2.30. The summed E-state index contributed by atoms with van der Waals surface area (Å²) < 4.78 is 45.4. The molecule has 1 aliphatic rings. The zero-order chi connectivity index (χ0) is 21.6. The predicted octanol–water partition coefficient (Wildman–Crippen LogP) is 5.16. The second kappa shape index (κ2) is 9.44. The van der Waals surface area contributed by atoms with Gasteiger partial charge in [-0.25, -0.2) is 0 Å². The Morgan fingerprint density at radius 2 is 1.70 bits per heavy atom. The third-order valence-corrected chi connectivity index (χ3v) is 5.61. The summed E-state index contributed by atoms with van der Waals surface area (Å²) >= 11 is 0. The molecule has 0 aliphatic carbocycles. The van der Waals surface area contributed by atoms with Gasteiger partial charge in [-0.05, 0) is 61.7 Å². The van der Waals surface area contributed by atoms with Crippen LogP contribution < -0.4 is 10.5 Å². The summed E-state index contributed by atoms with van der Waals surface area (Å²) in [6.07, 6.45) is 4.90. The Hall–Kier alpha value is -2.65. The molecular weight excluding hydrogens is 389 g/mol. The number of anilines is 1. The molecule has 3 nitrogen and oxygen atoms in total. The van der Waals surface area contributed by atoms with Crippen LogP contribution in [-0.2, 0) is 12.6 Å². The van der Waals surface area contributed by atoms with Crippen molar-refractivity contribution in [1.82, 2.24) is 4.90 Å². The molecule has 2 aromatic carbocycles. The highest BCUT2D eigenvalue weighted by atomic mass is 19.4. The molecule has 2 aromatic rings. The number of nitrogens with two attached hydrogens (primary N) is 1. The van der Waals surface area contributed by atoms with Gasteiger partial charge in [-0.1, -0.05) is 24.1 Å². The molecular formula is C24H27F3N2O. The lowest BCUT2D eigenvalue weighted by Gasteiger charge is -2.38. The zero-order valence-corrected chi connectivity index (χ0v) is 16.9. The largest absolute Gasteiger partial charge is 0.475 e. The average Bonchev–Trinajstić information content (AvgIpc) is 2.74. The number of likely N-dealkylation sites (tertiary alicyclic amines) is 1. The number of hydrogen-bond acceptors (Lipinski definition) is 3. The number of alkyl halides is 3. The molecule has 6 heteroatoms. The van der Waals surface area contributed by atoms with Gasteiger partial charge in [0, 0.05) is 31.6 Å². The van der Waals surface area contributed by atoms with Crippen LogP contribution in [-0.4, -0.2) is 30.1 Å². The van der Waals surface area contributed by atoms with Gasteiger partial charge >= 0.3 is 6.18 Å². The van der Waals surface area contributed by atoms with Crippen molar-refractivity contribution in [3.8, 4) is 18.1 Å². The van der Waals surface area contributed by atoms with Crippen molar-refractivity contribution in [2.75, 3.05) is 25.4 Å². The maximum atomic E-state index is 13.1. The summed E-state index contributed by atoms with van der Waals surface area (Å²) in [7, 11) is 0. The zero-order valence-electron chi connectivity index (χ0n) is 16.9. The highest BCUT2D eigenvalue weighted by Crippen LogP contribution is 2.33. The number of ether oxygens (including phenoxy) is 1. The van der Waals surface area contributed by atoms with Crippen LogP contribution in [0.4, 0.5) is 18.9 Å². The summed E-state index contributed by atoms with van der Waals surface area (Å²) in [5, 5.41) is 0. The van der Waals surface area contributed by atoms with Gasteiger partial charge < -0.3 is 15.4 Å². The first-order valence-electron chi connectivity index (χ1n) is 10.2. The Morgan fingerprint density at radius 1 is 1.03 bits per heavy atom. The van der Waals surface area contributed by atoms with Crippen LogP contribution in [0.25, 0.3) is 0 Å². The van der Waals surface area contributed by atoms with E-state index in [2.05, 4.69) is 10.8 Å². The Labute approximate surface area is 176 Å². The van der Waals surface area contributed by atoms with Gasteiger partial charge in [-0.15, -0.1) is 6.42 Å². The lowest BCUT2D eigenvalue weighted by molar-refractivity contribution is -0.138. The van der Waals surface area contributed by atoms with Gasteiger partial charge in [0.2, 0.25) is 0 Å². The topological polar surface area (TPSA) is 38.5 Å². The summed E-state index contributed by atoms with van der Waals surface area (Å²) in [5.74, 6) is 3.53. The number of piperidine rings is 1. The summed E-state index contributed by atoms with van der Waals surface area (Å²) in [6, 6.07) is 13.0. The number of aryl methyl sites for hydroxylation is 1. The van der Waals surface area contributed by atoms with Crippen LogP contribution in [0.1, 0.15) is 36.8 Å². The van der Waals surface area contributed by atoms with Crippen LogP contribution in [0.3, 0.4) is 0 Å². The van der Waals surface area contributed by atoms with E-state index >= 15 is 0 Å². The van der Waals surface area contributed by atoms with E-state index in [0.29, 0.717) is 42.7 Å². The fourth-order valence-corrected chi connectivity index (χ4v) is 3.84. The van der Waals surface area contributed by atoms with Gasteiger partial charge in [0.25, 0.3) is 0 Å². The molecule has 0 spiro atoms. The first-order chi connectivity index (χ1) is 14.3. The average molecular weight is 416 g/mol. The van der Waals surface area contributed by atoms with Gasteiger partial charge in [0.1, 0.15) is 5.75 Å². The Balaban J connectivity index is 1.45. The number of unbranched alkanes of at least 4 members (excludes halogenated alkanes) is 1. The number of nitrogens with zero attached hydrogens (tertiary/aromatic N) is 1. The number of benzene rings is 2. The molecule has 0 bridgehead atoms. The standard InChI is InChI=1S/C24H27F3N2O/c1-2-23(30-21-12-10-20(28)11-13-21)14-17-29(18-15-23)16-6-5-8-19-7-3-4-9-22(19)24(25,26)27/h1,3-4,7,9-13H,5-6,8,14-18,28H2. The van der Waals surface area contributed by atoms with Crippen LogP contribution in [0.15, 0.2) is 48.5 Å². The van der Waals surface area contributed by atoms with E-state index in [1.165, 1.54) is 6.07 Å². The number of halogens is 3. The molecule has 30 heavy (non-hydrogen) atoms. The van der Waals surface area contributed by atoms with E-state index < -0.39 is 17.3 Å². The van der Waals surface area contributed by atoms with E-state index in [0.717, 1.165) is 32.1 Å². The minimum atomic E-state index is -4.30. The van der Waals surface area contributed by atoms with Crippen molar-refractivity contribution < 1.29 is 17.9 Å². The van der Waals surface area contributed by atoms with E-state index in [1.54, 1.807) is 24.3 Å². The monoisotopic (exact) mass is 416 g/mol. The van der Waals surface area contributed by atoms with Crippen LogP contribution in [0, 0.1) is 12.3 Å². The van der Waals surface area contributed by atoms with E-state index in [9.17, 15) is 13.2 Å². The van der Waals surface area contributed by atoms with Crippen molar-refractivity contribution in [2.24, 2.45) is 0 Å². The smallest absolute Gasteiger partial charge is 0.416 e. The van der Waals surface area contributed by atoms with Crippen molar-refractivity contribution in [2.45, 2.75) is 43.9 Å². The van der Waals surface area contributed by atoms with Gasteiger partial charge in [0.05, 0.1) is 5.56 Å². The van der Waals surface area contributed by atoms with Crippen molar-refractivity contribution in [1.29, 1.82) is 0 Å². The number of nitrogen functional groups attached to an aromatic ring is 1. The van der Waals surface area contributed by atoms with Gasteiger partial charge in [0.15, 0.2) is 5.60 Å². The molecule has 0 amide bonds. The fraction of sp³-hybridized carbons (Fsp3) is 0.417. The van der Waals surface area contributed by atoms with Gasteiger partial charge in [-0.3, -0.25) is 0 Å². The number of terminal acetylenes is 1. The second-order valence-corrected chi connectivity index (χ2v) is 7.76. The summed E-state index contributed by atoms with van der Waals surface area (Å²) in [6.45, 7) is 2.45. The van der Waals surface area contributed by atoms with Crippen LogP contribution >= 0.6 is 0 Å². The molecule has 1 aliphatic heterocycles. The highest BCUT2D eigenvalue weighted by Gasteiger charge is 2.35. The molecule has 2 N–H and O–H groups in total. The quantitative estimate of drug-likeness (QED) is 0.385. The minimum Gasteiger partial charge on any atom is -0.475 e. The van der Waals surface area contributed by atoms with E-state index in [4.69, 9.17) is 16.9 Å². The molecule has 160 valence electrons. The maximum absolute atomic E-state index is 13.1. The molecule has 1 fully saturated rings. The van der Waals surface area contributed by atoms with Crippen molar-refractivity contribution in [3.63, 3.8) is 0 Å². The molecule has 1 saturated heterocycles. The van der Waals surface area contributed by atoms with Crippen molar-refractivity contribution in [3.05, 3.63) is 59.7 Å². The Bertz CT molecular complexity index is 863. The lowest BCUT2D eigenvalue weighted by atomic mass is 9.91. The molecule has 0 aromatic heterocycles. The number of rotatable bonds is 7. The Morgan fingerprint density at radius 3 is 2.33 bits per heavy atom. The molecule has 0 unspecified atom stereocenters. The maximum Gasteiger partial charge on any atom is 0.416 e. The first-order valence-corrected chi connectivity index (χ1v) is 10.2. The van der Waals surface area contributed by atoms with Crippen LogP contribution in [0.5, 0.6) is 5.75 Å². The normalized spacial score (nSPS) is 16.7. The third-order valence-electron chi connectivity index (χ3n) is 5.61. The van der Waals surface area contributed by atoms with Crippen LogP contribution in [0.2, 0.25) is 0 Å². The fourth-order valence-electron chi connectivity index (χ4n) is 3.84. The Kier molecular flexibility index (Phi) is 6.94. The number of hydrogen-bond donors (Lipinski definition) is 1. The molecule has 0 radical (unpaired) electrons. The SMILES string of the molecule is C#CC1(Oc2ccc(N)cc2)CCN(CCCCc2ccccc2C(F)(F)F)CC1. The lowest BCUT2D eigenvalue weighted by Crippen LogP contribution is -2.47. The molecule has 0 atom stereocenters. The minimum absolute atomic E-state index is 0.367. The van der Waals surface area contributed by atoms with Gasteiger partial charge in [-0.2, -0.15) is 13.2 Å². The summed E-state index contributed by atoms with van der Waals surface area (Å²) in [5.41, 5.74) is 5.60. The molecule has 0 saturated carbocycles. The predicted molar refractivity (Wildman–Crippen MR) is 113 cm³/mol. The second-order valence-electron chi connectivity index (χ2n) is 7.76.